The topological polar surface area (TPSA) is 146 Å². The summed E-state index contributed by atoms with van der Waals surface area (Å²) in [5.41, 5.74) is 6.21. The lowest BCUT2D eigenvalue weighted by Gasteiger charge is -2.11. The molecule has 0 unspecified atom stereocenters. The maximum absolute atomic E-state index is 13.5. The molecular formula is C22H18F2N6O4S. The highest BCUT2D eigenvalue weighted by molar-refractivity contribution is 7.21. The van der Waals surface area contributed by atoms with Crippen molar-refractivity contribution < 1.29 is 23.3 Å². The molecule has 13 heteroatoms. The molecule has 35 heavy (non-hydrogen) atoms. The summed E-state index contributed by atoms with van der Waals surface area (Å²) in [4.78, 5) is 39.5. The van der Waals surface area contributed by atoms with Gasteiger partial charge in [-0.3, -0.25) is 24.4 Å². The molecule has 180 valence electrons. The molecule has 3 N–H and O–H groups in total. The maximum atomic E-state index is 13.5. The number of carbonyl (C=O) groups is 2. The SMILES string of the molecule is Cc1c([N+](=O)[O-])cnn1CCC(=O)Nc1c(C(N)=O)sc2nc(C(F)F)cc(-c3ccccc3)c12. The third-order valence-electron chi connectivity index (χ3n) is 5.30. The minimum atomic E-state index is -2.85. The Morgan fingerprint density at radius 2 is 2.00 bits per heavy atom. The van der Waals surface area contributed by atoms with Crippen LogP contribution < -0.4 is 11.1 Å². The summed E-state index contributed by atoms with van der Waals surface area (Å²) in [7, 11) is 0. The summed E-state index contributed by atoms with van der Waals surface area (Å²) in [6, 6.07) is 9.88. The van der Waals surface area contributed by atoms with Crippen LogP contribution in [-0.4, -0.2) is 31.5 Å². The van der Waals surface area contributed by atoms with Gasteiger partial charge in [-0.15, -0.1) is 11.3 Å². The van der Waals surface area contributed by atoms with Crippen molar-refractivity contribution >= 4 is 44.7 Å². The number of alkyl halides is 2. The van der Waals surface area contributed by atoms with E-state index >= 15 is 0 Å². The van der Waals surface area contributed by atoms with Crippen LogP contribution >= 0.6 is 11.3 Å². The van der Waals surface area contributed by atoms with Gasteiger partial charge in [0, 0.05) is 11.8 Å². The van der Waals surface area contributed by atoms with E-state index < -0.39 is 28.9 Å². The van der Waals surface area contributed by atoms with Crippen LogP contribution in [0.4, 0.5) is 20.2 Å². The van der Waals surface area contributed by atoms with E-state index in [0.717, 1.165) is 17.5 Å². The first kappa shape index (κ1) is 23.9. The van der Waals surface area contributed by atoms with E-state index in [1.807, 2.05) is 0 Å². The first-order valence-electron chi connectivity index (χ1n) is 10.2. The van der Waals surface area contributed by atoms with Gasteiger partial charge >= 0.3 is 5.69 Å². The summed E-state index contributed by atoms with van der Waals surface area (Å²) < 4.78 is 28.4. The van der Waals surface area contributed by atoms with Crippen LogP contribution in [0.15, 0.2) is 42.6 Å². The van der Waals surface area contributed by atoms with Crippen LogP contribution in [0.3, 0.4) is 0 Å². The van der Waals surface area contributed by atoms with E-state index in [4.69, 9.17) is 5.73 Å². The number of rotatable bonds is 8. The highest BCUT2D eigenvalue weighted by atomic mass is 32.1. The number of carbonyl (C=O) groups excluding carboxylic acids is 2. The number of halogens is 2. The molecule has 2 amide bonds. The van der Waals surface area contributed by atoms with Gasteiger partial charge in [0.05, 0.1) is 17.2 Å². The predicted octanol–water partition coefficient (Wildman–Crippen LogP) is 4.44. The van der Waals surface area contributed by atoms with Gasteiger partial charge in [0.25, 0.3) is 12.3 Å². The van der Waals surface area contributed by atoms with Gasteiger partial charge in [-0.2, -0.15) is 5.10 Å². The van der Waals surface area contributed by atoms with Crippen molar-refractivity contribution in [3.63, 3.8) is 0 Å². The number of hydrogen-bond donors (Lipinski definition) is 2. The molecule has 3 aromatic heterocycles. The Hall–Kier alpha value is -4.26. The standard InChI is InChI=1S/C22H18F2N6O4S/c1-11-15(30(33)34)10-26-29(11)8-7-16(31)28-18-17-13(12-5-3-2-4-6-12)9-14(20(23)24)27-22(17)35-19(18)21(25)32/h2-6,9-10,20H,7-8H2,1H3,(H2,25,32)(H,28,31). The Labute approximate surface area is 200 Å². The highest BCUT2D eigenvalue weighted by Gasteiger charge is 2.25. The van der Waals surface area contributed by atoms with Gasteiger partial charge in [0.1, 0.15) is 27.3 Å². The van der Waals surface area contributed by atoms with Crippen LogP contribution in [0.5, 0.6) is 0 Å². The van der Waals surface area contributed by atoms with Gasteiger partial charge in [-0.25, -0.2) is 13.8 Å². The molecule has 0 saturated heterocycles. The molecule has 0 aliphatic heterocycles. The molecule has 0 aliphatic carbocycles. The van der Waals surface area contributed by atoms with Crippen molar-refractivity contribution in [2.45, 2.75) is 26.3 Å². The molecule has 4 aromatic rings. The Morgan fingerprint density at radius 1 is 1.29 bits per heavy atom. The third-order valence-corrected chi connectivity index (χ3v) is 6.40. The lowest BCUT2D eigenvalue weighted by Crippen LogP contribution is -2.18. The first-order valence-corrected chi connectivity index (χ1v) is 11.1. The van der Waals surface area contributed by atoms with E-state index in [1.54, 1.807) is 30.3 Å². The number of nitro groups is 1. The summed E-state index contributed by atoms with van der Waals surface area (Å²) in [5.74, 6) is -1.37. The number of fused-ring (bicyclic) bond motifs is 1. The Balaban J connectivity index is 1.73. The number of benzene rings is 1. The summed E-state index contributed by atoms with van der Waals surface area (Å²) in [6.07, 6.45) is -1.87. The molecule has 0 fully saturated rings. The van der Waals surface area contributed by atoms with Crippen LogP contribution in [0.2, 0.25) is 0 Å². The number of hydrogen-bond acceptors (Lipinski definition) is 7. The van der Waals surface area contributed by atoms with Gasteiger partial charge in [0.2, 0.25) is 5.91 Å². The molecule has 0 bridgehead atoms. The van der Waals surface area contributed by atoms with Crippen molar-refractivity contribution in [2.24, 2.45) is 5.73 Å². The number of amides is 2. The zero-order valence-corrected chi connectivity index (χ0v) is 19.0. The van der Waals surface area contributed by atoms with E-state index in [2.05, 4.69) is 15.4 Å². The van der Waals surface area contributed by atoms with E-state index in [-0.39, 0.29) is 39.7 Å². The van der Waals surface area contributed by atoms with Crippen LogP contribution in [-0.2, 0) is 11.3 Å². The number of anilines is 1. The van der Waals surface area contributed by atoms with E-state index in [9.17, 15) is 28.5 Å². The zero-order chi connectivity index (χ0) is 25.3. The fraction of sp³-hybridized carbons (Fsp3) is 0.182. The smallest absolute Gasteiger partial charge is 0.309 e. The predicted molar refractivity (Wildman–Crippen MR) is 125 cm³/mol. The first-order chi connectivity index (χ1) is 16.7. The number of pyridine rings is 1. The minimum absolute atomic E-state index is 0.0321. The van der Waals surface area contributed by atoms with E-state index in [1.165, 1.54) is 17.7 Å². The molecule has 4 rings (SSSR count). The minimum Gasteiger partial charge on any atom is -0.365 e. The monoisotopic (exact) mass is 500 g/mol. The van der Waals surface area contributed by atoms with Crippen molar-refractivity contribution in [1.29, 1.82) is 0 Å². The molecular weight excluding hydrogens is 482 g/mol. The second kappa shape index (κ2) is 9.54. The lowest BCUT2D eigenvalue weighted by molar-refractivity contribution is -0.385. The summed E-state index contributed by atoms with van der Waals surface area (Å²) >= 11 is 0.812. The quantitative estimate of drug-likeness (QED) is 0.270. The van der Waals surface area contributed by atoms with Gasteiger partial charge in [0.15, 0.2) is 0 Å². The number of primary amides is 1. The van der Waals surface area contributed by atoms with Gasteiger partial charge in [-0.1, -0.05) is 30.3 Å². The number of nitrogens with zero attached hydrogens (tertiary/aromatic N) is 4. The average Bonchev–Trinajstić information content (AvgIpc) is 3.38. The summed E-state index contributed by atoms with van der Waals surface area (Å²) in [5, 5.41) is 17.9. The Morgan fingerprint density at radius 3 is 2.60 bits per heavy atom. The molecule has 0 aliphatic rings. The molecule has 3 heterocycles. The van der Waals surface area contributed by atoms with Gasteiger partial charge in [-0.05, 0) is 24.1 Å². The molecule has 0 atom stereocenters. The summed E-state index contributed by atoms with van der Waals surface area (Å²) in [6.45, 7) is 1.55. The average molecular weight is 500 g/mol. The van der Waals surface area contributed by atoms with Gasteiger partial charge < -0.3 is 11.1 Å². The third kappa shape index (κ3) is 4.71. The van der Waals surface area contributed by atoms with Crippen molar-refractivity contribution in [2.75, 3.05) is 5.32 Å². The molecule has 0 spiro atoms. The fourth-order valence-electron chi connectivity index (χ4n) is 3.62. The molecule has 0 radical (unpaired) electrons. The largest absolute Gasteiger partial charge is 0.365 e. The number of aromatic nitrogens is 3. The Kier molecular flexibility index (Phi) is 6.51. The lowest BCUT2D eigenvalue weighted by atomic mass is 10.0. The number of thiophene rings is 1. The zero-order valence-electron chi connectivity index (χ0n) is 18.2. The van der Waals surface area contributed by atoms with E-state index in [0.29, 0.717) is 16.5 Å². The van der Waals surface area contributed by atoms with Crippen molar-refractivity contribution in [3.05, 3.63) is 69.0 Å². The Bertz CT molecular complexity index is 1450. The number of nitrogens with one attached hydrogen (secondary N) is 1. The van der Waals surface area contributed by atoms with Crippen LogP contribution in [0.25, 0.3) is 21.3 Å². The normalized spacial score (nSPS) is 11.2. The van der Waals surface area contributed by atoms with Crippen LogP contribution in [0.1, 0.15) is 33.9 Å². The molecule has 1 aromatic carbocycles. The second-order valence-electron chi connectivity index (χ2n) is 7.51. The second-order valence-corrected chi connectivity index (χ2v) is 8.50. The number of aryl methyl sites for hydroxylation is 1. The van der Waals surface area contributed by atoms with Crippen LogP contribution in [0, 0.1) is 17.0 Å². The fourth-order valence-corrected chi connectivity index (χ4v) is 4.63. The molecule has 0 saturated carbocycles. The highest BCUT2D eigenvalue weighted by Crippen LogP contribution is 2.42. The maximum Gasteiger partial charge on any atom is 0.309 e. The van der Waals surface area contributed by atoms with Crippen molar-refractivity contribution in [1.82, 2.24) is 14.8 Å². The molecule has 10 nitrogen and oxygen atoms in total. The van der Waals surface area contributed by atoms with Crippen molar-refractivity contribution in [3.8, 4) is 11.1 Å². The number of nitrogens with two attached hydrogens (primary N) is 1.